The molecule has 0 atom stereocenters. The van der Waals surface area contributed by atoms with Gasteiger partial charge < -0.3 is 10.6 Å². The van der Waals surface area contributed by atoms with Gasteiger partial charge in [0.25, 0.3) is 0 Å². The molecule has 0 amide bonds. The Kier molecular flexibility index (Phi) is 5.23. The summed E-state index contributed by atoms with van der Waals surface area (Å²) in [6.07, 6.45) is 7.00. The zero-order chi connectivity index (χ0) is 10.2. The highest BCUT2D eigenvalue weighted by atomic mass is 32.1. The van der Waals surface area contributed by atoms with Crippen LogP contribution in [0.5, 0.6) is 0 Å². The summed E-state index contributed by atoms with van der Waals surface area (Å²) in [5, 5.41) is 7.54. The average molecular weight is 209 g/mol. The fourth-order valence-corrected chi connectivity index (χ4v) is 1.77. The van der Waals surface area contributed by atoms with Crippen molar-refractivity contribution >= 4 is 11.3 Å². The largest absolute Gasteiger partial charge is 0.309 e. The van der Waals surface area contributed by atoms with Gasteiger partial charge in [-0.2, -0.15) is 0 Å². The topological polar surface area (TPSA) is 37.0 Å². The zero-order valence-electron chi connectivity index (χ0n) is 8.34. The van der Waals surface area contributed by atoms with E-state index in [1.807, 2.05) is 6.20 Å². The van der Waals surface area contributed by atoms with Crippen LogP contribution in [0.3, 0.4) is 0 Å². The normalized spacial score (nSPS) is 10.0. The molecular formula is C10H15N3S. The van der Waals surface area contributed by atoms with Gasteiger partial charge in [-0.05, 0) is 6.92 Å². The summed E-state index contributed by atoms with van der Waals surface area (Å²) < 4.78 is 0. The Morgan fingerprint density at radius 2 is 2.29 bits per heavy atom. The maximum atomic E-state index is 5.10. The Morgan fingerprint density at radius 3 is 2.93 bits per heavy atom. The molecular weight excluding hydrogens is 194 g/mol. The number of terminal acetylenes is 1. The number of hydrogen-bond donors (Lipinski definition) is 2. The first-order valence-electron chi connectivity index (χ1n) is 4.59. The lowest BCUT2D eigenvalue weighted by atomic mass is 10.5. The van der Waals surface area contributed by atoms with Crippen molar-refractivity contribution in [2.45, 2.75) is 13.5 Å². The molecule has 0 saturated heterocycles. The van der Waals surface area contributed by atoms with Gasteiger partial charge in [-0.25, -0.2) is 4.98 Å². The third-order valence-corrected chi connectivity index (χ3v) is 2.56. The van der Waals surface area contributed by atoms with Crippen LogP contribution < -0.4 is 10.6 Å². The van der Waals surface area contributed by atoms with Crippen molar-refractivity contribution in [2.24, 2.45) is 0 Å². The van der Waals surface area contributed by atoms with Crippen molar-refractivity contribution in [3.8, 4) is 12.3 Å². The number of nitrogens with one attached hydrogen (secondary N) is 2. The number of nitrogens with zero attached hydrogens (tertiary/aromatic N) is 1. The fraction of sp³-hybridized carbons (Fsp3) is 0.500. The second-order valence-electron chi connectivity index (χ2n) is 2.92. The molecule has 14 heavy (non-hydrogen) atoms. The quantitative estimate of drug-likeness (QED) is 0.536. The summed E-state index contributed by atoms with van der Waals surface area (Å²) in [7, 11) is 0. The summed E-state index contributed by atoms with van der Waals surface area (Å²) in [4.78, 5) is 5.51. The predicted molar refractivity (Wildman–Crippen MR) is 60.3 cm³/mol. The summed E-state index contributed by atoms with van der Waals surface area (Å²) in [6.45, 7) is 5.36. The van der Waals surface area contributed by atoms with E-state index in [1.54, 1.807) is 11.3 Å². The lowest BCUT2D eigenvalue weighted by Crippen LogP contribution is -2.27. The van der Waals surface area contributed by atoms with Gasteiger partial charge in [0, 0.05) is 30.7 Å². The number of thiazole rings is 1. The number of aryl methyl sites for hydroxylation is 1. The number of rotatable bonds is 6. The molecule has 1 heterocycles. The molecule has 0 aliphatic heterocycles. The second-order valence-corrected chi connectivity index (χ2v) is 4.24. The highest BCUT2D eigenvalue weighted by Crippen LogP contribution is 2.09. The molecule has 76 valence electrons. The molecule has 0 aliphatic rings. The minimum absolute atomic E-state index is 0.637. The first kappa shape index (κ1) is 11.2. The highest BCUT2D eigenvalue weighted by molar-refractivity contribution is 7.11. The van der Waals surface area contributed by atoms with Crippen LogP contribution in [0.1, 0.15) is 9.88 Å². The molecule has 0 aromatic carbocycles. The predicted octanol–water partition coefficient (Wildman–Crippen LogP) is 0.764. The van der Waals surface area contributed by atoms with E-state index >= 15 is 0 Å². The van der Waals surface area contributed by atoms with Crippen molar-refractivity contribution in [3.05, 3.63) is 16.1 Å². The van der Waals surface area contributed by atoms with Crippen LogP contribution in [0.2, 0.25) is 0 Å². The molecule has 0 radical (unpaired) electrons. The van der Waals surface area contributed by atoms with Gasteiger partial charge in [0.1, 0.15) is 5.01 Å². The number of hydrogen-bond acceptors (Lipinski definition) is 4. The maximum absolute atomic E-state index is 5.10. The fourth-order valence-electron chi connectivity index (χ4n) is 1.02. The van der Waals surface area contributed by atoms with E-state index in [9.17, 15) is 0 Å². The monoisotopic (exact) mass is 209 g/mol. The van der Waals surface area contributed by atoms with Crippen LogP contribution in [0.25, 0.3) is 0 Å². The molecule has 1 rings (SSSR count). The Hall–Kier alpha value is -0.890. The smallest absolute Gasteiger partial charge is 0.107 e. The van der Waals surface area contributed by atoms with E-state index in [2.05, 4.69) is 28.5 Å². The van der Waals surface area contributed by atoms with Crippen LogP contribution in [-0.4, -0.2) is 24.6 Å². The second kappa shape index (κ2) is 6.55. The van der Waals surface area contributed by atoms with Crippen molar-refractivity contribution in [1.29, 1.82) is 0 Å². The van der Waals surface area contributed by atoms with Gasteiger partial charge in [-0.15, -0.1) is 17.8 Å². The molecule has 0 unspecified atom stereocenters. The molecule has 3 nitrogen and oxygen atoms in total. The lowest BCUT2D eigenvalue weighted by Gasteiger charge is -2.01. The first-order chi connectivity index (χ1) is 6.83. The molecule has 0 spiro atoms. The molecule has 1 aromatic rings. The molecule has 0 bridgehead atoms. The van der Waals surface area contributed by atoms with Gasteiger partial charge >= 0.3 is 0 Å². The summed E-state index contributed by atoms with van der Waals surface area (Å²) in [5.41, 5.74) is 0. The first-order valence-corrected chi connectivity index (χ1v) is 5.41. The van der Waals surface area contributed by atoms with Gasteiger partial charge in [0.2, 0.25) is 0 Å². The van der Waals surface area contributed by atoms with E-state index in [0.29, 0.717) is 6.54 Å². The molecule has 0 aliphatic carbocycles. The highest BCUT2D eigenvalue weighted by Gasteiger charge is 1.96. The van der Waals surface area contributed by atoms with Crippen LogP contribution >= 0.6 is 11.3 Å². The zero-order valence-corrected chi connectivity index (χ0v) is 9.16. The Balaban J connectivity index is 2.02. The van der Waals surface area contributed by atoms with Crippen molar-refractivity contribution in [1.82, 2.24) is 15.6 Å². The number of aromatic nitrogens is 1. The minimum atomic E-state index is 0.637. The van der Waals surface area contributed by atoms with Crippen molar-refractivity contribution < 1.29 is 0 Å². The van der Waals surface area contributed by atoms with Gasteiger partial charge in [0.15, 0.2) is 0 Å². The van der Waals surface area contributed by atoms with Crippen LogP contribution in [0.4, 0.5) is 0 Å². The lowest BCUT2D eigenvalue weighted by molar-refractivity contribution is 0.636. The van der Waals surface area contributed by atoms with E-state index in [1.165, 1.54) is 4.88 Å². The van der Waals surface area contributed by atoms with Gasteiger partial charge in [-0.3, -0.25) is 0 Å². The summed E-state index contributed by atoms with van der Waals surface area (Å²) in [6, 6.07) is 0. The van der Waals surface area contributed by atoms with E-state index in [-0.39, 0.29) is 0 Å². The minimum Gasteiger partial charge on any atom is -0.309 e. The van der Waals surface area contributed by atoms with Gasteiger partial charge in [-0.1, -0.05) is 5.92 Å². The standard InChI is InChI=1S/C10H15N3S/c1-3-4-11-5-6-12-8-10-13-7-9(2)14-10/h1,7,11-12H,4-6,8H2,2H3. The molecule has 1 aromatic heterocycles. The Bertz CT molecular complexity index is 301. The third-order valence-electron chi connectivity index (χ3n) is 1.65. The van der Waals surface area contributed by atoms with E-state index in [0.717, 1.165) is 24.6 Å². The Morgan fingerprint density at radius 1 is 1.50 bits per heavy atom. The van der Waals surface area contributed by atoms with Crippen LogP contribution in [0, 0.1) is 19.3 Å². The average Bonchev–Trinajstić information content (AvgIpc) is 2.58. The van der Waals surface area contributed by atoms with Gasteiger partial charge in [0.05, 0.1) is 6.54 Å². The molecule has 0 fully saturated rings. The van der Waals surface area contributed by atoms with Crippen LogP contribution in [-0.2, 0) is 6.54 Å². The maximum Gasteiger partial charge on any atom is 0.107 e. The summed E-state index contributed by atoms with van der Waals surface area (Å²) in [5.74, 6) is 2.53. The van der Waals surface area contributed by atoms with E-state index in [4.69, 9.17) is 6.42 Å². The van der Waals surface area contributed by atoms with E-state index < -0.39 is 0 Å². The molecule has 0 saturated carbocycles. The summed E-state index contributed by atoms with van der Waals surface area (Å²) >= 11 is 1.73. The third kappa shape index (κ3) is 4.38. The molecule has 2 N–H and O–H groups in total. The molecule has 4 heteroatoms. The SMILES string of the molecule is C#CCNCCNCc1ncc(C)s1. The van der Waals surface area contributed by atoms with Crippen LogP contribution in [0.15, 0.2) is 6.20 Å². The van der Waals surface area contributed by atoms with Crippen molar-refractivity contribution in [3.63, 3.8) is 0 Å². The van der Waals surface area contributed by atoms with Crippen molar-refractivity contribution in [2.75, 3.05) is 19.6 Å². The Labute approximate surface area is 88.9 Å².